The first kappa shape index (κ1) is 9.23. The normalized spacial score (nSPS) is 28.9. The minimum absolute atomic E-state index is 0.0424. The molecule has 2 aliphatic rings. The van der Waals surface area contributed by atoms with Crippen molar-refractivity contribution in [1.82, 2.24) is 9.36 Å². The van der Waals surface area contributed by atoms with Crippen molar-refractivity contribution < 1.29 is 9.53 Å². The number of nitrogens with one attached hydrogen (secondary N) is 1. The standard InChI is InChI=1S/C9H11N3O2S/c1-4-6(14-4)8(13)11-9-10-7(12-15-9)5-2-3-5/h4-6H,2-3H2,1H3,(H,10,11,12,13)/t4-,6+/m0/s1. The molecule has 1 aliphatic carbocycles. The van der Waals surface area contributed by atoms with Crippen LogP contribution >= 0.6 is 11.5 Å². The highest BCUT2D eigenvalue weighted by Crippen LogP contribution is 2.39. The number of anilines is 1. The molecule has 1 saturated heterocycles. The maximum absolute atomic E-state index is 11.5. The number of amides is 1. The summed E-state index contributed by atoms with van der Waals surface area (Å²) < 4.78 is 9.27. The summed E-state index contributed by atoms with van der Waals surface area (Å²) in [6, 6.07) is 0. The second-order valence-electron chi connectivity index (χ2n) is 3.98. The number of rotatable bonds is 3. The fourth-order valence-electron chi connectivity index (χ4n) is 1.43. The van der Waals surface area contributed by atoms with Crippen molar-refractivity contribution in [3.63, 3.8) is 0 Å². The summed E-state index contributed by atoms with van der Waals surface area (Å²) in [6.07, 6.45) is 2.10. The molecule has 2 atom stereocenters. The van der Waals surface area contributed by atoms with E-state index >= 15 is 0 Å². The summed E-state index contributed by atoms with van der Waals surface area (Å²) in [6.45, 7) is 1.87. The van der Waals surface area contributed by atoms with Gasteiger partial charge in [-0.25, -0.2) is 4.98 Å². The number of carbonyl (C=O) groups excluding carboxylic acids is 1. The van der Waals surface area contributed by atoms with E-state index in [0.717, 1.165) is 5.82 Å². The zero-order chi connectivity index (χ0) is 10.4. The number of hydrogen-bond acceptors (Lipinski definition) is 5. The average Bonchev–Trinajstić information content (AvgIpc) is 3.10. The van der Waals surface area contributed by atoms with Gasteiger partial charge in [0.25, 0.3) is 5.91 Å². The molecule has 1 aromatic heterocycles. The van der Waals surface area contributed by atoms with Gasteiger partial charge in [0, 0.05) is 17.5 Å². The molecular weight excluding hydrogens is 214 g/mol. The van der Waals surface area contributed by atoms with Crippen LogP contribution in [0, 0.1) is 0 Å². The zero-order valence-corrected chi connectivity index (χ0v) is 9.08. The van der Waals surface area contributed by atoms with Gasteiger partial charge >= 0.3 is 0 Å². The van der Waals surface area contributed by atoms with Gasteiger partial charge in [-0.05, 0) is 19.8 Å². The molecule has 80 valence electrons. The molecule has 6 heteroatoms. The lowest BCUT2D eigenvalue weighted by Crippen LogP contribution is -2.19. The Hall–Kier alpha value is -1.01. The molecule has 0 aromatic carbocycles. The van der Waals surface area contributed by atoms with Crippen LogP contribution in [-0.4, -0.2) is 27.5 Å². The monoisotopic (exact) mass is 225 g/mol. The number of ether oxygens (including phenoxy) is 1. The molecule has 3 rings (SSSR count). The molecule has 15 heavy (non-hydrogen) atoms. The molecule has 1 aliphatic heterocycles. The van der Waals surface area contributed by atoms with Crippen molar-refractivity contribution in [3.05, 3.63) is 5.82 Å². The zero-order valence-electron chi connectivity index (χ0n) is 8.27. The predicted molar refractivity (Wildman–Crippen MR) is 54.8 cm³/mol. The Morgan fingerprint density at radius 3 is 2.93 bits per heavy atom. The van der Waals surface area contributed by atoms with Crippen LogP contribution < -0.4 is 5.32 Å². The van der Waals surface area contributed by atoms with Gasteiger partial charge in [0.05, 0.1) is 6.10 Å². The largest absolute Gasteiger partial charge is 0.359 e. The Bertz CT molecular complexity index is 402. The van der Waals surface area contributed by atoms with Gasteiger partial charge in [-0.3, -0.25) is 10.1 Å². The van der Waals surface area contributed by atoms with E-state index in [2.05, 4.69) is 14.7 Å². The molecule has 0 unspecified atom stereocenters. The molecule has 5 nitrogen and oxygen atoms in total. The van der Waals surface area contributed by atoms with Gasteiger partial charge in [0.2, 0.25) is 5.13 Å². The molecule has 2 heterocycles. The molecule has 0 radical (unpaired) electrons. The second-order valence-corrected chi connectivity index (χ2v) is 4.73. The lowest BCUT2D eigenvalue weighted by molar-refractivity contribution is -0.117. The molecule has 1 aromatic rings. The lowest BCUT2D eigenvalue weighted by atomic mass is 10.3. The van der Waals surface area contributed by atoms with Gasteiger partial charge in [0.15, 0.2) is 6.10 Å². The van der Waals surface area contributed by atoms with E-state index in [-0.39, 0.29) is 18.1 Å². The van der Waals surface area contributed by atoms with E-state index in [1.54, 1.807) is 0 Å². The third-order valence-corrected chi connectivity index (χ3v) is 3.23. The van der Waals surface area contributed by atoms with Crippen molar-refractivity contribution in [2.45, 2.75) is 37.9 Å². The molecule has 0 spiro atoms. The number of aromatic nitrogens is 2. The minimum Gasteiger partial charge on any atom is -0.359 e. The number of hydrogen-bond donors (Lipinski definition) is 1. The molecule has 1 saturated carbocycles. The first-order valence-corrected chi connectivity index (χ1v) is 5.81. The maximum atomic E-state index is 11.5. The Balaban J connectivity index is 1.63. The Morgan fingerprint density at radius 1 is 1.60 bits per heavy atom. The Labute approximate surface area is 91.0 Å². The summed E-state index contributed by atoms with van der Waals surface area (Å²) in [5.74, 6) is 1.30. The third-order valence-electron chi connectivity index (χ3n) is 2.58. The van der Waals surface area contributed by atoms with Crippen molar-refractivity contribution in [1.29, 1.82) is 0 Å². The van der Waals surface area contributed by atoms with E-state index in [9.17, 15) is 4.79 Å². The van der Waals surface area contributed by atoms with Gasteiger partial charge in [-0.1, -0.05) is 0 Å². The van der Waals surface area contributed by atoms with Gasteiger partial charge in [-0.2, -0.15) is 4.37 Å². The van der Waals surface area contributed by atoms with Crippen LogP contribution in [0.15, 0.2) is 0 Å². The van der Waals surface area contributed by atoms with Crippen molar-refractivity contribution in [2.24, 2.45) is 0 Å². The highest BCUT2D eigenvalue weighted by molar-refractivity contribution is 7.09. The van der Waals surface area contributed by atoms with Gasteiger partial charge in [0.1, 0.15) is 5.82 Å². The summed E-state index contributed by atoms with van der Waals surface area (Å²) >= 11 is 1.24. The highest BCUT2D eigenvalue weighted by atomic mass is 32.1. The van der Waals surface area contributed by atoms with Crippen LogP contribution in [0.2, 0.25) is 0 Å². The van der Waals surface area contributed by atoms with Crippen LogP contribution in [-0.2, 0) is 9.53 Å². The maximum Gasteiger partial charge on any atom is 0.258 e. The number of nitrogens with zero attached hydrogens (tertiary/aromatic N) is 2. The summed E-state index contributed by atoms with van der Waals surface area (Å²) in [5, 5.41) is 3.31. The lowest BCUT2D eigenvalue weighted by Gasteiger charge is -1.95. The Kier molecular flexibility index (Phi) is 2.00. The first-order valence-electron chi connectivity index (χ1n) is 5.04. The van der Waals surface area contributed by atoms with Crippen molar-refractivity contribution in [2.75, 3.05) is 5.32 Å². The quantitative estimate of drug-likeness (QED) is 0.783. The van der Waals surface area contributed by atoms with E-state index in [4.69, 9.17) is 4.74 Å². The number of carbonyl (C=O) groups is 1. The number of epoxide rings is 1. The van der Waals surface area contributed by atoms with Crippen LogP contribution in [0.4, 0.5) is 5.13 Å². The van der Waals surface area contributed by atoms with E-state index in [1.807, 2.05) is 6.92 Å². The summed E-state index contributed by atoms with van der Waals surface area (Å²) in [5.41, 5.74) is 0. The second kappa shape index (κ2) is 3.24. The molecular formula is C9H11N3O2S. The smallest absolute Gasteiger partial charge is 0.258 e. The molecule has 1 amide bonds. The summed E-state index contributed by atoms with van der Waals surface area (Å²) in [4.78, 5) is 15.8. The average molecular weight is 225 g/mol. The SMILES string of the molecule is C[C@@H]1O[C@H]1C(=O)Nc1nc(C2CC2)ns1. The fourth-order valence-corrected chi connectivity index (χ4v) is 2.08. The molecule has 0 bridgehead atoms. The van der Waals surface area contributed by atoms with E-state index in [1.165, 1.54) is 24.4 Å². The molecule has 1 N–H and O–H groups in total. The van der Waals surface area contributed by atoms with E-state index in [0.29, 0.717) is 11.0 Å². The van der Waals surface area contributed by atoms with Crippen LogP contribution in [0.25, 0.3) is 0 Å². The van der Waals surface area contributed by atoms with Crippen molar-refractivity contribution >= 4 is 22.6 Å². The third kappa shape index (κ3) is 1.87. The topological polar surface area (TPSA) is 67.4 Å². The predicted octanol–water partition coefficient (Wildman–Crippen LogP) is 1.14. The van der Waals surface area contributed by atoms with Crippen LogP contribution in [0.3, 0.4) is 0 Å². The van der Waals surface area contributed by atoms with Crippen LogP contribution in [0.1, 0.15) is 31.5 Å². The van der Waals surface area contributed by atoms with Crippen molar-refractivity contribution in [3.8, 4) is 0 Å². The van der Waals surface area contributed by atoms with Gasteiger partial charge < -0.3 is 4.74 Å². The summed E-state index contributed by atoms with van der Waals surface area (Å²) in [7, 11) is 0. The highest BCUT2D eigenvalue weighted by Gasteiger charge is 2.41. The van der Waals surface area contributed by atoms with E-state index < -0.39 is 0 Å². The first-order chi connectivity index (χ1) is 7.24. The Morgan fingerprint density at radius 2 is 2.33 bits per heavy atom. The minimum atomic E-state index is -0.293. The fraction of sp³-hybridized carbons (Fsp3) is 0.667. The molecule has 2 fully saturated rings. The van der Waals surface area contributed by atoms with Crippen LogP contribution in [0.5, 0.6) is 0 Å². The van der Waals surface area contributed by atoms with Gasteiger partial charge in [-0.15, -0.1) is 0 Å².